The monoisotopic (exact) mass is 320 g/mol. The summed E-state index contributed by atoms with van der Waals surface area (Å²) < 4.78 is 5.15. The van der Waals surface area contributed by atoms with Gasteiger partial charge < -0.3 is 10.1 Å². The van der Waals surface area contributed by atoms with Crippen molar-refractivity contribution >= 4 is 34.8 Å². The van der Waals surface area contributed by atoms with Gasteiger partial charge in [0.15, 0.2) is 0 Å². The molecule has 0 bridgehead atoms. The number of nitrogens with zero attached hydrogens (tertiary/aromatic N) is 1. The Balaban J connectivity index is 2.29. The summed E-state index contributed by atoms with van der Waals surface area (Å²) in [6.45, 7) is 0. The Kier molecular flexibility index (Phi) is 4.69. The van der Waals surface area contributed by atoms with Crippen LogP contribution in [-0.4, -0.2) is 13.0 Å². The fourth-order valence-electron chi connectivity index (χ4n) is 1.73. The molecule has 0 spiro atoms. The Bertz CT molecular complexity index is 739. The van der Waals surface area contributed by atoms with E-state index in [-0.39, 0.29) is 10.9 Å². The van der Waals surface area contributed by atoms with Gasteiger partial charge in [-0.05, 0) is 30.3 Å². The quantitative estimate of drug-likeness (QED) is 0.925. The number of carbonyl (C=O) groups is 1. The van der Waals surface area contributed by atoms with Crippen LogP contribution in [0.1, 0.15) is 15.9 Å². The van der Waals surface area contributed by atoms with E-state index in [4.69, 9.17) is 33.2 Å². The number of methoxy groups -OCH3 is 1. The summed E-state index contributed by atoms with van der Waals surface area (Å²) in [4.78, 5) is 12.2. The van der Waals surface area contributed by atoms with Gasteiger partial charge in [0.25, 0.3) is 5.91 Å². The topological polar surface area (TPSA) is 62.1 Å². The minimum atomic E-state index is -0.389. The fourth-order valence-corrected chi connectivity index (χ4v) is 2.22. The first-order valence-corrected chi connectivity index (χ1v) is 6.65. The lowest BCUT2D eigenvalue weighted by Gasteiger charge is -2.11. The predicted molar refractivity (Wildman–Crippen MR) is 82.1 cm³/mol. The molecule has 106 valence electrons. The third-order valence-electron chi connectivity index (χ3n) is 2.75. The molecule has 0 fully saturated rings. The van der Waals surface area contributed by atoms with E-state index in [2.05, 4.69) is 5.32 Å². The van der Waals surface area contributed by atoms with E-state index in [0.29, 0.717) is 27.6 Å². The van der Waals surface area contributed by atoms with Crippen LogP contribution in [0.15, 0.2) is 36.4 Å². The first-order chi connectivity index (χ1) is 10.0. The number of hydrogen-bond donors (Lipinski definition) is 1. The molecule has 0 radical (unpaired) electrons. The van der Waals surface area contributed by atoms with Crippen molar-refractivity contribution in [2.45, 2.75) is 0 Å². The molecule has 4 nitrogen and oxygen atoms in total. The molecule has 0 heterocycles. The zero-order valence-corrected chi connectivity index (χ0v) is 12.5. The highest BCUT2D eigenvalue weighted by Crippen LogP contribution is 2.27. The van der Waals surface area contributed by atoms with Crippen molar-refractivity contribution in [1.29, 1.82) is 5.26 Å². The Morgan fingerprint density at radius 1 is 1.24 bits per heavy atom. The van der Waals surface area contributed by atoms with Gasteiger partial charge in [0, 0.05) is 11.1 Å². The van der Waals surface area contributed by atoms with Gasteiger partial charge >= 0.3 is 0 Å². The second kappa shape index (κ2) is 6.49. The number of anilines is 1. The van der Waals surface area contributed by atoms with Gasteiger partial charge in [-0.3, -0.25) is 4.79 Å². The van der Waals surface area contributed by atoms with E-state index < -0.39 is 0 Å². The van der Waals surface area contributed by atoms with Crippen LogP contribution in [0.4, 0.5) is 5.69 Å². The minimum absolute atomic E-state index is 0.257. The van der Waals surface area contributed by atoms with Crippen molar-refractivity contribution in [3.8, 4) is 11.8 Å². The molecule has 0 saturated carbocycles. The first-order valence-electron chi connectivity index (χ1n) is 5.89. The zero-order chi connectivity index (χ0) is 15.4. The molecule has 2 aromatic rings. The van der Waals surface area contributed by atoms with E-state index in [1.165, 1.54) is 19.2 Å². The molecule has 0 atom stereocenters. The lowest BCUT2D eigenvalue weighted by atomic mass is 10.1. The lowest BCUT2D eigenvalue weighted by Crippen LogP contribution is -2.13. The van der Waals surface area contributed by atoms with Gasteiger partial charge in [-0.25, -0.2) is 0 Å². The fraction of sp³-hybridized carbons (Fsp3) is 0.0667. The molecule has 21 heavy (non-hydrogen) atoms. The number of halogens is 2. The number of nitriles is 1. The second-order valence-corrected chi connectivity index (χ2v) is 4.95. The molecular weight excluding hydrogens is 311 g/mol. The summed E-state index contributed by atoms with van der Waals surface area (Å²) in [5.74, 6) is 0.00663. The van der Waals surface area contributed by atoms with Gasteiger partial charge in [0.05, 0.1) is 35.0 Å². The molecule has 2 rings (SSSR count). The Morgan fingerprint density at radius 2 is 2.00 bits per heavy atom. The number of hydrogen-bond acceptors (Lipinski definition) is 3. The molecule has 0 aromatic heterocycles. The zero-order valence-electron chi connectivity index (χ0n) is 11.0. The normalized spacial score (nSPS) is 9.81. The van der Waals surface area contributed by atoms with E-state index in [1.54, 1.807) is 24.3 Å². The van der Waals surface area contributed by atoms with Gasteiger partial charge in [-0.2, -0.15) is 5.26 Å². The van der Waals surface area contributed by atoms with Crippen LogP contribution >= 0.6 is 23.2 Å². The number of carbonyl (C=O) groups excluding carboxylic acids is 1. The van der Waals surface area contributed by atoms with Crippen molar-refractivity contribution in [3.63, 3.8) is 0 Å². The second-order valence-electron chi connectivity index (χ2n) is 4.11. The molecule has 0 saturated heterocycles. The van der Waals surface area contributed by atoms with Gasteiger partial charge in [-0.15, -0.1) is 0 Å². The summed E-state index contributed by atoms with van der Waals surface area (Å²) >= 11 is 11.8. The number of ether oxygens (including phenoxy) is 1. The average Bonchev–Trinajstić information content (AvgIpc) is 2.47. The average molecular weight is 321 g/mol. The highest BCUT2D eigenvalue weighted by atomic mass is 35.5. The molecule has 0 aliphatic heterocycles. The number of benzene rings is 2. The van der Waals surface area contributed by atoms with Crippen molar-refractivity contribution in [2.24, 2.45) is 0 Å². The lowest BCUT2D eigenvalue weighted by molar-refractivity contribution is 0.102. The Labute approximate surface area is 131 Å². The number of rotatable bonds is 3. The number of nitrogens with one attached hydrogen (secondary N) is 1. The molecule has 2 aromatic carbocycles. The first kappa shape index (κ1) is 15.2. The minimum Gasteiger partial charge on any atom is -0.495 e. The smallest absolute Gasteiger partial charge is 0.257 e. The van der Waals surface area contributed by atoms with Crippen molar-refractivity contribution in [3.05, 3.63) is 57.6 Å². The summed E-state index contributed by atoms with van der Waals surface area (Å²) in [6, 6.07) is 11.3. The maximum absolute atomic E-state index is 12.2. The van der Waals surface area contributed by atoms with Crippen molar-refractivity contribution < 1.29 is 9.53 Å². The number of amides is 1. The van der Waals surface area contributed by atoms with Gasteiger partial charge in [0.2, 0.25) is 0 Å². The standard InChI is InChI=1S/C15H10Cl2N2O2/c1-21-14-6-9(8-18)2-5-13(14)19-15(20)11-4-3-10(16)7-12(11)17/h2-7H,1H3,(H,19,20). The third-order valence-corrected chi connectivity index (χ3v) is 3.30. The van der Waals surface area contributed by atoms with E-state index in [1.807, 2.05) is 6.07 Å². The van der Waals surface area contributed by atoms with Crippen LogP contribution in [0.3, 0.4) is 0 Å². The molecule has 0 unspecified atom stereocenters. The van der Waals surface area contributed by atoms with Crippen molar-refractivity contribution in [2.75, 3.05) is 12.4 Å². The van der Waals surface area contributed by atoms with Crippen LogP contribution in [-0.2, 0) is 0 Å². The maximum atomic E-state index is 12.2. The summed E-state index contributed by atoms with van der Waals surface area (Å²) in [6.07, 6.45) is 0. The van der Waals surface area contributed by atoms with Gasteiger partial charge in [-0.1, -0.05) is 23.2 Å². The van der Waals surface area contributed by atoms with E-state index in [9.17, 15) is 4.79 Å². The highest BCUT2D eigenvalue weighted by Gasteiger charge is 2.13. The van der Waals surface area contributed by atoms with E-state index in [0.717, 1.165) is 0 Å². The molecule has 6 heteroatoms. The van der Waals surface area contributed by atoms with E-state index >= 15 is 0 Å². The largest absolute Gasteiger partial charge is 0.495 e. The summed E-state index contributed by atoms with van der Waals surface area (Å²) in [7, 11) is 1.46. The van der Waals surface area contributed by atoms with Crippen LogP contribution in [0.2, 0.25) is 10.0 Å². The Morgan fingerprint density at radius 3 is 2.62 bits per heavy atom. The molecular formula is C15H10Cl2N2O2. The molecule has 0 aliphatic carbocycles. The maximum Gasteiger partial charge on any atom is 0.257 e. The predicted octanol–water partition coefficient (Wildman–Crippen LogP) is 4.13. The summed E-state index contributed by atoms with van der Waals surface area (Å²) in [5.41, 5.74) is 1.19. The van der Waals surface area contributed by atoms with Crippen LogP contribution in [0.25, 0.3) is 0 Å². The SMILES string of the molecule is COc1cc(C#N)ccc1NC(=O)c1ccc(Cl)cc1Cl. The molecule has 0 aliphatic rings. The highest BCUT2D eigenvalue weighted by molar-refractivity contribution is 6.37. The van der Waals surface area contributed by atoms with Crippen LogP contribution in [0, 0.1) is 11.3 Å². The van der Waals surface area contributed by atoms with Crippen LogP contribution in [0.5, 0.6) is 5.75 Å². The van der Waals surface area contributed by atoms with Gasteiger partial charge in [0.1, 0.15) is 5.75 Å². The van der Waals surface area contributed by atoms with Crippen molar-refractivity contribution in [1.82, 2.24) is 0 Å². The molecule has 1 amide bonds. The van der Waals surface area contributed by atoms with Crippen LogP contribution < -0.4 is 10.1 Å². The summed E-state index contributed by atoms with van der Waals surface area (Å²) in [5, 5.41) is 12.2. The third kappa shape index (κ3) is 3.46. The Hall–Kier alpha value is -2.22. The molecule has 1 N–H and O–H groups in total.